The number of aliphatic hydroxyl groups is 1. The number of nitrogens with zero attached hydrogens (tertiary/aromatic N) is 3. The highest BCUT2D eigenvalue weighted by Crippen LogP contribution is 2.19. The van der Waals surface area contributed by atoms with Crippen molar-refractivity contribution in [3.63, 3.8) is 0 Å². The van der Waals surface area contributed by atoms with Crippen molar-refractivity contribution >= 4 is 16.9 Å². The van der Waals surface area contributed by atoms with E-state index in [1.54, 1.807) is 6.33 Å². The average molecular weight is 344 g/mol. The molecule has 25 heavy (non-hydrogen) atoms. The third kappa shape index (κ3) is 3.70. The zero-order valence-corrected chi connectivity index (χ0v) is 15.5. The Morgan fingerprint density at radius 1 is 1.28 bits per heavy atom. The van der Waals surface area contributed by atoms with Crippen LogP contribution in [0.5, 0.6) is 0 Å². The number of hydrogen-bond acceptors (Lipinski definition) is 4. The summed E-state index contributed by atoms with van der Waals surface area (Å²) in [7, 11) is 0. The highest BCUT2D eigenvalue weighted by atomic mass is 16.3. The fraction of sp³-hybridized carbons (Fsp3) is 0.579. The zero-order valence-electron chi connectivity index (χ0n) is 15.5. The number of aryl methyl sites for hydroxylation is 2. The normalized spacial score (nSPS) is 20.2. The number of fused-ring (bicyclic) bond motifs is 1. The summed E-state index contributed by atoms with van der Waals surface area (Å²) in [6, 6.07) is 4.03. The van der Waals surface area contributed by atoms with Gasteiger partial charge in [-0.25, -0.2) is 4.98 Å². The van der Waals surface area contributed by atoms with Gasteiger partial charge >= 0.3 is 0 Å². The van der Waals surface area contributed by atoms with Crippen LogP contribution in [0.25, 0.3) is 11.0 Å². The zero-order chi connectivity index (χ0) is 18.1. The summed E-state index contributed by atoms with van der Waals surface area (Å²) >= 11 is 0. The van der Waals surface area contributed by atoms with E-state index in [-0.39, 0.29) is 17.9 Å². The van der Waals surface area contributed by atoms with Crippen LogP contribution in [0, 0.1) is 19.8 Å². The molecule has 6 heteroatoms. The maximum atomic E-state index is 12.1. The number of nitrogens with one attached hydrogen (secondary N) is 1. The topological polar surface area (TPSA) is 70.4 Å². The summed E-state index contributed by atoms with van der Waals surface area (Å²) < 4.78 is 2.00. The van der Waals surface area contributed by atoms with E-state index in [4.69, 9.17) is 0 Å². The number of amides is 1. The van der Waals surface area contributed by atoms with Crippen molar-refractivity contribution in [1.82, 2.24) is 19.8 Å². The number of β-amino-alcohol motifs (C(OH)–C–C–N with tert-alkyl or cyclic N) is 1. The van der Waals surface area contributed by atoms with E-state index >= 15 is 0 Å². The Morgan fingerprint density at radius 3 is 2.72 bits per heavy atom. The van der Waals surface area contributed by atoms with Gasteiger partial charge in [0.2, 0.25) is 5.91 Å². The third-order valence-electron chi connectivity index (χ3n) is 5.08. The molecule has 1 aliphatic rings. The van der Waals surface area contributed by atoms with E-state index in [0.717, 1.165) is 17.6 Å². The van der Waals surface area contributed by atoms with E-state index in [1.807, 2.05) is 18.4 Å². The van der Waals surface area contributed by atoms with Crippen LogP contribution in [-0.4, -0.2) is 57.2 Å². The van der Waals surface area contributed by atoms with E-state index in [1.165, 1.54) is 11.1 Å². The van der Waals surface area contributed by atoms with Crippen LogP contribution in [0.3, 0.4) is 0 Å². The number of benzene rings is 1. The second kappa shape index (κ2) is 7.14. The molecule has 2 N–H and O–H groups in total. The fourth-order valence-corrected chi connectivity index (χ4v) is 3.68. The molecule has 2 aromatic rings. The van der Waals surface area contributed by atoms with Gasteiger partial charge in [0.25, 0.3) is 0 Å². The first kappa shape index (κ1) is 17.9. The second-order valence-corrected chi connectivity index (χ2v) is 7.45. The maximum Gasteiger partial charge on any atom is 0.237 e. The van der Waals surface area contributed by atoms with Crippen LogP contribution in [-0.2, 0) is 11.3 Å². The molecule has 0 bridgehead atoms. The van der Waals surface area contributed by atoms with Gasteiger partial charge in [0.05, 0.1) is 36.1 Å². The van der Waals surface area contributed by atoms with Crippen molar-refractivity contribution in [3.05, 3.63) is 29.6 Å². The van der Waals surface area contributed by atoms with Crippen molar-refractivity contribution in [2.45, 2.75) is 46.4 Å². The highest BCUT2D eigenvalue weighted by Gasteiger charge is 2.33. The number of rotatable bonds is 5. The average Bonchev–Trinajstić information content (AvgIpc) is 2.89. The number of aliphatic hydroxyl groups excluding tert-OH is 1. The number of hydrogen-bond donors (Lipinski definition) is 2. The molecule has 2 atom stereocenters. The predicted molar refractivity (Wildman–Crippen MR) is 98.4 cm³/mol. The van der Waals surface area contributed by atoms with Crippen LogP contribution >= 0.6 is 0 Å². The molecular weight excluding hydrogens is 316 g/mol. The molecule has 1 amide bonds. The molecule has 1 aromatic heterocycles. The molecule has 136 valence electrons. The first-order valence-electron chi connectivity index (χ1n) is 8.98. The molecular formula is C19H28N4O2. The summed E-state index contributed by atoms with van der Waals surface area (Å²) in [6.45, 7) is 10.6. The van der Waals surface area contributed by atoms with Crippen molar-refractivity contribution in [2.24, 2.45) is 5.92 Å². The van der Waals surface area contributed by atoms with Crippen molar-refractivity contribution < 1.29 is 9.90 Å². The van der Waals surface area contributed by atoms with Crippen LogP contribution < -0.4 is 5.32 Å². The SMILES string of the molecule is Cc1cc2ncn(CC(O)CN3CCNC(=O)C3C(C)C)c2cc1C. The molecule has 3 rings (SSSR count). The van der Waals surface area contributed by atoms with Crippen molar-refractivity contribution in [1.29, 1.82) is 0 Å². The standard InChI is InChI=1S/C19H28N4O2/c1-12(2)18-19(25)20-5-6-22(18)9-15(24)10-23-11-21-16-7-13(3)14(4)8-17(16)23/h7-8,11-12,15,18,24H,5-6,9-10H2,1-4H3,(H,20,25). The third-order valence-corrected chi connectivity index (χ3v) is 5.08. The smallest absolute Gasteiger partial charge is 0.237 e. The van der Waals surface area contributed by atoms with Gasteiger partial charge in [-0.05, 0) is 43.0 Å². The Kier molecular flexibility index (Phi) is 5.11. The Morgan fingerprint density at radius 2 is 2.00 bits per heavy atom. The van der Waals surface area contributed by atoms with Gasteiger partial charge < -0.3 is 15.0 Å². The molecule has 1 saturated heterocycles. The largest absolute Gasteiger partial charge is 0.390 e. The summed E-state index contributed by atoms with van der Waals surface area (Å²) in [4.78, 5) is 18.7. The molecule has 0 saturated carbocycles. The van der Waals surface area contributed by atoms with E-state index < -0.39 is 6.10 Å². The molecule has 1 aliphatic heterocycles. The number of carbonyl (C=O) groups is 1. The highest BCUT2D eigenvalue weighted by molar-refractivity contribution is 5.82. The lowest BCUT2D eigenvalue weighted by atomic mass is 9.99. The lowest BCUT2D eigenvalue weighted by Crippen LogP contribution is -2.59. The quantitative estimate of drug-likeness (QED) is 0.862. The molecule has 0 radical (unpaired) electrons. The second-order valence-electron chi connectivity index (χ2n) is 7.45. The lowest BCUT2D eigenvalue weighted by molar-refractivity contribution is -0.131. The monoisotopic (exact) mass is 344 g/mol. The van der Waals surface area contributed by atoms with Crippen LogP contribution in [0.2, 0.25) is 0 Å². The molecule has 1 aromatic carbocycles. The van der Waals surface area contributed by atoms with Gasteiger partial charge in [-0.2, -0.15) is 0 Å². The minimum absolute atomic E-state index is 0.0626. The van der Waals surface area contributed by atoms with Gasteiger partial charge in [-0.15, -0.1) is 0 Å². The summed E-state index contributed by atoms with van der Waals surface area (Å²) in [5.41, 5.74) is 4.43. The Labute approximate surface area is 148 Å². The Balaban J connectivity index is 1.73. The number of imidazole rings is 1. The lowest BCUT2D eigenvalue weighted by Gasteiger charge is -2.38. The molecule has 0 spiro atoms. The van der Waals surface area contributed by atoms with Gasteiger partial charge in [0, 0.05) is 19.6 Å². The minimum Gasteiger partial charge on any atom is -0.390 e. The molecule has 2 unspecified atom stereocenters. The molecule has 6 nitrogen and oxygen atoms in total. The van der Waals surface area contributed by atoms with Crippen molar-refractivity contribution in [3.8, 4) is 0 Å². The molecule has 2 heterocycles. The first-order valence-corrected chi connectivity index (χ1v) is 8.98. The first-order chi connectivity index (χ1) is 11.9. The number of aromatic nitrogens is 2. The minimum atomic E-state index is -0.550. The molecule has 0 aliphatic carbocycles. The van der Waals surface area contributed by atoms with E-state index in [9.17, 15) is 9.90 Å². The van der Waals surface area contributed by atoms with Crippen LogP contribution in [0.1, 0.15) is 25.0 Å². The summed E-state index contributed by atoms with van der Waals surface area (Å²) in [5.74, 6) is 0.278. The molecule has 1 fully saturated rings. The van der Waals surface area contributed by atoms with Gasteiger partial charge in [0.1, 0.15) is 0 Å². The maximum absolute atomic E-state index is 12.1. The fourth-order valence-electron chi connectivity index (χ4n) is 3.68. The number of carbonyl (C=O) groups excluding carboxylic acids is 1. The summed E-state index contributed by atoms with van der Waals surface area (Å²) in [6.07, 6.45) is 1.24. The van der Waals surface area contributed by atoms with Crippen LogP contribution in [0.4, 0.5) is 0 Å². The number of piperazine rings is 1. The van der Waals surface area contributed by atoms with E-state index in [2.05, 4.69) is 41.2 Å². The van der Waals surface area contributed by atoms with E-state index in [0.29, 0.717) is 19.6 Å². The van der Waals surface area contributed by atoms with Crippen molar-refractivity contribution in [2.75, 3.05) is 19.6 Å². The Bertz CT molecular complexity index is 768. The van der Waals surface area contributed by atoms with Gasteiger partial charge in [0.15, 0.2) is 0 Å². The van der Waals surface area contributed by atoms with Gasteiger partial charge in [-0.3, -0.25) is 9.69 Å². The summed E-state index contributed by atoms with van der Waals surface area (Å²) in [5, 5.41) is 13.5. The Hall–Kier alpha value is -1.92. The van der Waals surface area contributed by atoms with Gasteiger partial charge in [-0.1, -0.05) is 13.8 Å². The predicted octanol–water partition coefficient (Wildman–Crippen LogP) is 1.47. The van der Waals surface area contributed by atoms with Crippen LogP contribution in [0.15, 0.2) is 18.5 Å².